The lowest BCUT2D eigenvalue weighted by Crippen LogP contribution is -2.48. The van der Waals surface area contributed by atoms with Gasteiger partial charge in [0, 0.05) is 38.4 Å². The highest BCUT2D eigenvalue weighted by Crippen LogP contribution is 2.37. The molecule has 3 amide bonds. The summed E-state index contributed by atoms with van der Waals surface area (Å²) in [5.41, 5.74) is 2.88. The third kappa shape index (κ3) is 5.25. The Hall–Kier alpha value is -3.73. The number of ether oxygens (including phenoxy) is 1. The summed E-state index contributed by atoms with van der Waals surface area (Å²) in [5, 5.41) is 12.1. The number of nitrogens with zero attached hydrogens (tertiary/aromatic N) is 4. The van der Waals surface area contributed by atoms with Crippen LogP contribution >= 0.6 is 0 Å². The summed E-state index contributed by atoms with van der Waals surface area (Å²) in [6.07, 6.45) is 0.539. The van der Waals surface area contributed by atoms with E-state index in [9.17, 15) is 9.59 Å². The molecule has 1 saturated heterocycles. The van der Waals surface area contributed by atoms with Gasteiger partial charge in [0.2, 0.25) is 0 Å². The molecular formula is C26H31N5O3. The lowest BCUT2D eigenvalue weighted by molar-refractivity contribution is 0.0288. The van der Waals surface area contributed by atoms with Gasteiger partial charge in [0.25, 0.3) is 0 Å². The second-order valence-electron chi connectivity index (χ2n) is 9.72. The van der Waals surface area contributed by atoms with Gasteiger partial charge in [-0.15, -0.1) is 0 Å². The van der Waals surface area contributed by atoms with Crippen LogP contribution in [0.3, 0.4) is 0 Å². The fraction of sp³-hybridized carbons (Fsp3) is 0.423. The maximum Gasteiger partial charge on any atom is 0.410 e. The van der Waals surface area contributed by atoms with Crippen LogP contribution in [0.5, 0.6) is 0 Å². The van der Waals surface area contributed by atoms with Crippen LogP contribution in [0, 0.1) is 17.2 Å². The number of hydrogen-bond acceptors (Lipinski definition) is 5. The van der Waals surface area contributed by atoms with Crippen LogP contribution < -0.4 is 15.1 Å². The molecule has 0 unspecified atom stereocenters. The van der Waals surface area contributed by atoms with Crippen molar-refractivity contribution >= 4 is 29.2 Å². The van der Waals surface area contributed by atoms with Crippen molar-refractivity contribution < 1.29 is 14.3 Å². The number of carbonyl (C=O) groups is 2. The molecule has 2 heterocycles. The summed E-state index contributed by atoms with van der Waals surface area (Å²) >= 11 is 0. The molecule has 0 radical (unpaired) electrons. The Labute approximate surface area is 200 Å². The van der Waals surface area contributed by atoms with Crippen molar-refractivity contribution in [1.82, 2.24) is 10.2 Å². The van der Waals surface area contributed by atoms with Gasteiger partial charge in [-0.2, -0.15) is 5.26 Å². The van der Waals surface area contributed by atoms with Gasteiger partial charge in [-0.05, 0) is 69.5 Å². The number of carbonyl (C=O) groups excluding carboxylic acids is 2. The normalized spacial score (nSPS) is 17.7. The van der Waals surface area contributed by atoms with E-state index < -0.39 is 5.60 Å². The number of fused-ring (bicyclic) bond motifs is 1. The number of anilines is 3. The Bertz CT molecular complexity index is 1090. The first-order valence-electron chi connectivity index (χ1n) is 11.7. The molecule has 0 aromatic heterocycles. The smallest absolute Gasteiger partial charge is 0.410 e. The van der Waals surface area contributed by atoms with Gasteiger partial charge in [-0.1, -0.05) is 12.1 Å². The van der Waals surface area contributed by atoms with E-state index in [2.05, 4.69) is 16.3 Å². The van der Waals surface area contributed by atoms with Gasteiger partial charge in [-0.25, -0.2) is 9.59 Å². The predicted octanol–water partition coefficient (Wildman–Crippen LogP) is 4.48. The van der Waals surface area contributed by atoms with Crippen molar-refractivity contribution in [3.8, 4) is 6.07 Å². The van der Waals surface area contributed by atoms with E-state index in [4.69, 9.17) is 10.00 Å². The number of likely N-dealkylation sites (tertiary alicyclic amines) is 1. The summed E-state index contributed by atoms with van der Waals surface area (Å²) in [4.78, 5) is 31.1. The molecule has 0 aliphatic carbocycles. The minimum absolute atomic E-state index is 0.136. The van der Waals surface area contributed by atoms with Gasteiger partial charge in [0.1, 0.15) is 5.60 Å². The van der Waals surface area contributed by atoms with E-state index in [-0.39, 0.29) is 18.0 Å². The Morgan fingerprint density at radius 1 is 1.06 bits per heavy atom. The van der Waals surface area contributed by atoms with E-state index in [0.29, 0.717) is 38.3 Å². The molecular weight excluding hydrogens is 430 g/mol. The van der Waals surface area contributed by atoms with Crippen molar-refractivity contribution in [1.29, 1.82) is 5.26 Å². The van der Waals surface area contributed by atoms with E-state index >= 15 is 0 Å². The minimum Gasteiger partial charge on any atom is -0.444 e. The molecule has 0 saturated carbocycles. The molecule has 0 spiro atoms. The number of rotatable bonds is 3. The maximum atomic E-state index is 13.1. The van der Waals surface area contributed by atoms with E-state index in [1.54, 1.807) is 21.9 Å². The monoisotopic (exact) mass is 461 g/mol. The zero-order valence-corrected chi connectivity index (χ0v) is 20.0. The first-order valence-corrected chi connectivity index (χ1v) is 11.7. The fourth-order valence-electron chi connectivity index (χ4n) is 4.38. The number of amides is 3. The zero-order valence-electron chi connectivity index (χ0n) is 20.0. The highest BCUT2D eigenvalue weighted by atomic mass is 16.6. The molecule has 34 heavy (non-hydrogen) atoms. The van der Waals surface area contributed by atoms with E-state index in [0.717, 1.165) is 23.5 Å². The van der Waals surface area contributed by atoms with E-state index in [1.165, 1.54) is 0 Å². The lowest BCUT2D eigenvalue weighted by Gasteiger charge is -2.37. The Balaban J connectivity index is 1.38. The molecule has 178 valence electrons. The van der Waals surface area contributed by atoms with Gasteiger partial charge in [-0.3, -0.25) is 4.90 Å². The quantitative estimate of drug-likeness (QED) is 0.728. The zero-order chi connectivity index (χ0) is 24.3. The second-order valence-corrected chi connectivity index (χ2v) is 9.72. The average molecular weight is 462 g/mol. The lowest BCUT2D eigenvalue weighted by atomic mass is 10.1. The van der Waals surface area contributed by atoms with Crippen LogP contribution in [0.25, 0.3) is 0 Å². The Morgan fingerprint density at radius 2 is 1.76 bits per heavy atom. The molecule has 1 N–H and O–H groups in total. The molecule has 2 aromatic rings. The molecule has 2 aliphatic rings. The minimum atomic E-state index is -0.517. The third-order valence-electron chi connectivity index (χ3n) is 6.04. The largest absolute Gasteiger partial charge is 0.444 e. The van der Waals surface area contributed by atoms with Crippen molar-refractivity contribution in [3.63, 3.8) is 0 Å². The van der Waals surface area contributed by atoms with Gasteiger partial charge >= 0.3 is 12.1 Å². The molecule has 2 aromatic carbocycles. The average Bonchev–Trinajstić information content (AvgIpc) is 3.30. The number of nitrogens with one attached hydrogen (secondary N) is 1. The van der Waals surface area contributed by atoms with Gasteiger partial charge in [0.15, 0.2) is 0 Å². The van der Waals surface area contributed by atoms with Crippen LogP contribution in [0.15, 0.2) is 48.5 Å². The fourth-order valence-corrected chi connectivity index (χ4v) is 4.38. The van der Waals surface area contributed by atoms with Crippen molar-refractivity contribution in [2.45, 2.75) is 32.8 Å². The second kappa shape index (κ2) is 9.64. The van der Waals surface area contributed by atoms with Gasteiger partial charge in [0.05, 0.1) is 23.0 Å². The third-order valence-corrected chi connectivity index (χ3v) is 6.04. The summed E-state index contributed by atoms with van der Waals surface area (Å²) in [5.74, 6) is 0.201. The van der Waals surface area contributed by atoms with Crippen LogP contribution in [0.2, 0.25) is 0 Å². The maximum absolute atomic E-state index is 13.1. The summed E-state index contributed by atoms with van der Waals surface area (Å²) < 4.78 is 5.46. The topological polar surface area (TPSA) is 88.9 Å². The molecule has 2 aliphatic heterocycles. The molecule has 8 nitrogen and oxygen atoms in total. The summed E-state index contributed by atoms with van der Waals surface area (Å²) in [6.45, 7) is 8.49. The molecule has 0 bridgehead atoms. The standard InChI is InChI=1S/C26H31N5O3/c1-26(2,3)34-25(33)29-13-12-20(18-29)17-28-24(32)31-15-14-30(22-6-4-5-7-23(22)31)21-10-8-19(16-27)9-11-21/h4-11,20H,12-15,17-18H2,1-3H3,(H,28,32)/t20-/m1/s1. The SMILES string of the molecule is CC(C)(C)OC(=O)N1CC[C@H](CNC(=O)N2CCN(c3ccc(C#N)cc3)c3ccccc32)C1. The van der Waals surface area contributed by atoms with Crippen LogP contribution in [-0.2, 0) is 4.74 Å². The highest BCUT2D eigenvalue weighted by molar-refractivity contribution is 5.97. The van der Waals surface area contributed by atoms with Crippen LogP contribution in [0.1, 0.15) is 32.8 Å². The van der Waals surface area contributed by atoms with E-state index in [1.807, 2.05) is 57.2 Å². The van der Waals surface area contributed by atoms with Gasteiger partial charge < -0.3 is 19.9 Å². The van der Waals surface area contributed by atoms with Crippen molar-refractivity contribution in [2.75, 3.05) is 42.5 Å². The van der Waals surface area contributed by atoms with Crippen molar-refractivity contribution in [3.05, 3.63) is 54.1 Å². The summed E-state index contributed by atoms with van der Waals surface area (Å²) in [6, 6.07) is 17.3. The number of benzene rings is 2. The molecule has 1 atom stereocenters. The van der Waals surface area contributed by atoms with Crippen LogP contribution in [0.4, 0.5) is 26.7 Å². The first-order chi connectivity index (χ1) is 16.2. The first kappa shape index (κ1) is 23.4. The number of para-hydroxylation sites is 2. The molecule has 4 rings (SSSR count). The number of urea groups is 1. The van der Waals surface area contributed by atoms with Crippen LogP contribution in [-0.4, -0.2) is 55.3 Å². The highest BCUT2D eigenvalue weighted by Gasteiger charge is 2.31. The van der Waals surface area contributed by atoms with Crippen molar-refractivity contribution in [2.24, 2.45) is 5.92 Å². The Kier molecular flexibility index (Phi) is 6.64. The predicted molar refractivity (Wildman–Crippen MR) is 131 cm³/mol. The molecule has 8 heteroatoms. The summed E-state index contributed by atoms with van der Waals surface area (Å²) in [7, 11) is 0. The number of hydrogen-bond donors (Lipinski definition) is 1. The number of nitriles is 1. The molecule has 1 fully saturated rings. The Morgan fingerprint density at radius 3 is 2.44 bits per heavy atom.